The molecule has 0 aliphatic heterocycles. The lowest BCUT2D eigenvalue weighted by Crippen LogP contribution is -2.02. The normalized spacial score (nSPS) is 18.5. The second kappa shape index (κ2) is 4.44. The van der Waals surface area contributed by atoms with Crippen LogP contribution in [0.5, 0.6) is 0 Å². The van der Waals surface area contributed by atoms with Crippen LogP contribution in [0.2, 0.25) is 0 Å². The summed E-state index contributed by atoms with van der Waals surface area (Å²) in [5, 5.41) is 0. The minimum absolute atomic E-state index is 0.163. The molecule has 13 heavy (non-hydrogen) atoms. The first kappa shape index (κ1) is 10.3. The maximum absolute atomic E-state index is 11.7. The third-order valence-corrected chi connectivity index (χ3v) is 1.99. The average Bonchev–Trinajstić information content (AvgIpc) is 2.81. The average molecular weight is 192 g/mol. The Morgan fingerprint density at radius 1 is 1.31 bits per heavy atom. The van der Waals surface area contributed by atoms with Gasteiger partial charge >= 0.3 is 6.61 Å². The number of allylic oxidation sites excluding steroid dienone is 2. The third kappa shape index (κ3) is 4.10. The van der Waals surface area contributed by atoms with E-state index in [4.69, 9.17) is 4.74 Å². The maximum Gasteiger partial charge on any atom is 0.387 e. The molecule has 1 aliphatic carbocycles. The summed E-state index contributed by atoms with van der Waals surface area (Å²) in [6.07, 6.45) is 2.37. The van der Waals surface area contributed by atoms with Crippen molar-refractivity contribution < 1.29 is 18.3 Å². The van der Waals surface area contributed by atoms with Gasteiger partial charge in [-0.15, -0.1) is 0 Å². The summed E-state index contributed by atoms with van der Waals surface area (Å²) in [4.78, 5) is 0. The van der Waals surface area contributed by atoms with Crippen LogP contribution in [-0.4, -0.2) is 13.2 Å². The maximum atomic E-state index is 11.7. The molecule has 1 saturated carbocycles. The number of hydrogen-bond acceptors (Lipinski definition) is 2. The van der Waals surface area contributed by atoms with E-state index in [2.05, 4.69) is 4.74 Å². The van der Waals surface area contributed by atoms with E-state index in [9.17, 15) is 8.78 Å². The molecule has 0 atom stereocenters. The van der Waals surface area contributed by atoms with Gasteiger partial charge in [-0.1, -0.05) is 0 Å². The van der Waals surface area contributed by atoms with Crippen LogP contribution in [0.25, 0.3) is 0 Å². The summed E-state index contributed by atoms with van der Waals surface area (Å²) in [6, 6.07) is 0. The Morgan fingerprint density at radius 3 is 2.38 bits per heavy atom. The second-order valence-corrected chi connectivity index (χ2v) is 3.25. The van der Waals surface area contributed by atoms with Crippen LogP contribution in [0.15, 0.2) is 11.5 Å². The van der Waals surface area contributed by atoms with Gasteiger partial charge in [-0.2, -0.15) is 8.78 Å². The van der Waals surface area contributed by atoms with Gasteiger partial charge in [0, 0.05) is 0 Å². The molecular weight excluding hydrogens is 178 g/mol. The van der Waals surface area contributed by atoms with Gasteiger partial charge in [-0.25, -0.2) is 0 Å². The van der Waals surface area contributed by atoms with Gasteiger partial charge in [0.1, 0.15) is 11.5 Å². The lowest BCUT2D eigenvalue weighted by molar-refractivity contribution is -0.0996. The minimum atomic E-state index is -2.76. The molecule has 1 rings (SSSR count). The quantitative estimate of drug-likeness (QED) is 0.623. The molecule has 1 fully saturated rings. The number of ether oxygens (including phenoxy) is 2. The standard InChI is InChI=1S/C9H14F2O2/c1-6(7(2)13-9(10)11)12-5-8-3-4-8/h8-9H,3-5H2,1-2H3. The van der Waals surface area contributed by atoms with Crippen LogP contribution in [0.1, 0.15) is 26.7 Å². The molecule has 2 nitrogen and oxygen atoms in total. The lowest BCUT2D eigenvalue weighted by atomic mass is 10.4. The third-order valence-electron chi connectivity index (χ3n) is 1.99. The summed E-state index contributed by atoms with van der Waals surface area (Å²) < 4.78 is 32.9. The highest BCUT2D eigenvalue weighted by Crippen LogP contribution is 2.29. The largest absolute Gasteiger partial charge is 0.494 e. The zero-order valence-corrected chi connectivity index (χ0v) is 7.85. The van der Waals surface area contributed by atoms with Gasteiger partial charge in [0.2, 0.25) is 0 Å². The van der Waals surface area contributed by atoms with Crippen molar-refractivity contribution in [1.29, 1.82) is 0 Å². The van der Waals surface area contributed by atoms with Crippen LogP contribution in [-0.2, 0) is 9.47 Å². The molecule has 0 heterocycles. The van der Waals surface area contributed by atoms with Crippen molar-refractivity contribution in [2.24, 2.45) is 5.92 Å². The monoisotopic (exact) mass is 192 g/mol. The highest BCUT2D eigenvalue weighted by atomic mass is 19.3. The lowest BCUT2D eigenvalue weighted by Gasteiger charge is -2.10. The SMILES string of the molecule is CC(OCC1CC1)=C(C)OC(F)F. The Bertz CT molecular complexity index is 198. The van der Waals surface area contributed by atoms with Crippen molar-refractivity contribution in [1.82, 2.24) is 0 Å². The van der Waals surface area contributed by atoms with E-state index in [1.54, 1.807) is 6.92 Å². The summed E-state index contributed by atoms with van der Waals surface area (Å²) in [6.45, 7) is 0.976. The molecule has 0 bridgehead atoms. The molecule has 4 heteroatoms. The Morgan fingerprint density at radius 2 is 1.92 bits per heavy atom. The van der Waals surface area contributed by atoms with Crippen molar-refractivity contribution in [3.05, 3.63) is 11.5 Å². The topological polar surface area (TPSA) is 18.5 Å². The second-order valence-electron chi connectivity index (χ2n) is 3.25. The van der Waals surface area contributed by atoms with Gasteiger partial charge in [-0.05, 0) is 32.6 Å². The first-order valence-corrected chi connectivity index (χ1v) is 4.34. The fourth-order valence-electron chi connectivity index (χ4n) is 0.846. The summed E-state index contributed by atoms with van der Waals surface area (Å²) in [7, 11) is 0. The molecule has 0 saturated heterocycles. The first-order chi connectivity index (χ1) is 6.09. The Balaban J connectivity index is 2.27. The van der Waals surface area contributed by atoms with E-state index in [0.717, 1.165) is 0 Å². The molecular formula is C9H14F2O2. The predicted octanol–water partition coefficient (Wildman–Crippen LogP) is 2.90. The molecule has 0 amide bonds. The van der Waals surface area contributed by atoms with Crippen LogP contribution < -0.4 is 0 Å². The van der Waals surface area contributed by atoms with Gasteiger partial charge in [0.25, 0.3) is 0 Å². The number of alkyl halides is 2. The molecule has 0 unspecified atom stereocenters. The van der Waals surface area contributed by atoms with E-state index >= 15 is 0 Å². The highest BCUT2D eigenvalue weighted by molar-refractivity contribution is 4.95. The summed E-state index contributed by atoms with van der Waals surface area (Å²) in [5.74, 6) is 1.23. The molecule has 0 N–H and O–H groups in total. The van der Waals surface area contributed by atoms with Gasteiger partial charge < -0.3 is 9.47 Å². The summed E-state index contributed by atoms with van der Waals surface area (Å²) >= 11 is 0. The Hall–Kier alpha value is -0.800. The van der Waals surface area contributed by atoms with Crippen LogP contribution in [0, 0.1) is 5.92 Å². The van der Waals surface area contributed by atoms with Crippen LogP contribution in [0.4, 0.5) is 8.78 Å². The van der Waals surface area contributed by atoms with Crippen molar-refractivity contribution >= 4 is 0 Å². The fraction of sp³-hybridized carbons (Fsp3) is 0.778. The molecule has 0 aromatic heterocycles. The number of halogens is 2. The zero-order chi connectivity index (χ0) is 9.84. The molecule has 76 valence electrons. The predicted molar refractivity (Wildman–Crippen MR) is 44.1 cm³/mol. The number of hydrogen-bond donors (Lipinski definition) is 0. The van der Waals surface area contributed by atoms with Gasteiger partial charge in [0.15, 0.2) is 0 Å². The molecule has 0 aromatic rings. The smallest absolute Gasteiger partial charge is 0.387 e. The van der Waals surface area contributed by atoms with Gasteiger partial charge in [-0.3, -0.25) is 0 Å². The van der Waals surface area contributed by atoms with Crippen molar-refractivity contribution in [3.63, 3.8) is 0 Å². The van der Waals surface area contributed by atoms with E-state index in [1.807, 2.05) is 0 Å². The first-order valence-electron chi connectivity index (χ1n) is 4.34. The molecule has 0 aromatic carbocycles. The fourth-order valence-corrected chi connectivity index (χ4v) is 0.846. The number of rotatable bonds is 5. The zero-order valence-electron chi connectivity index (χ0n) is 7.85. The molecule has 0 spiro atoms. The minimum Gasteiger partial charge on any atom is -0.494 e. The van der Waals surface area contributed by atoms with E-state index in [-0.39, 0.29) is 5.76 Å². The van der Waals surface area contributed by atoms with E-state index < -0.39 is 6.61 Å². The van der Waals surface area contributed by atoms with Crippen molar-refractivity contribution in [2.75, 3.05) is 6.61 Å². The Kier molecular flexibility index (Phi) is 3.51. The van der Waals surface area contributed by atoms with Crippen molar-refractivity contribution in [3.8, 4) is 0 Å². The molecule has 1 aliphatic rings. The van der Waals surface area contributed by atoms with Crippen LogP contribution in [0.3, 0.4) is 0 Å². The Labute approximate surface area is 76.5 Å². The van der Waals surface area contributed by atoms with Gasteiger partial charge in [0.05, 0.1) is 6.61 Å². The van der Waals surface area contributed by atoms with Crippen LogP contribution >= 0.6 is 0 Å². The summed E-state index contributed by atoms with van der Waals surface area (Å²) in [5.41, 5.74) is 0. The van der Waals surface area contributed by atoms with Crippen molar-refractivity contribution in [2.45, 2.75) is 33.3 Å². The van der Waals surface area contributed by atoms with E-state index in [0.29, 0.717) is 18.3 Å². The highest BCUT2D eigenvalue weighted by Gasteiger charge is 2.22. The van der Waals surface area contributed by atoms with E-state index in [1.165, 1.54) is 19.8 Å². The molecule has 0 radical (unpaired) electrons.